The van der Waals surface area contributed by atoms with Gasteiger partial charge in [0.2, 0.25) is 0 Å². The molecule has 0 atom stereocenters. The van der Waals surface area contributed by atoms with E-state index < -0.39 is 0 Å². The molecule has 3 N–H and O–H groups in total. The molecule has 0 bridgehead atoms. The first-order valence-electron chi connectivity index (χ1n) is 7.00. The maximum atomic E-state index is 13.8. The zero-order valence-corrected chi connectivity index (χ0v) is 11.3. The lowest BCUT2D eigenvalue weighted by Gasteiger charge is -2.36. The van der Waals surface area contributed by atoms with Crippen LogP contribution in [0.3, 0.4) is 0 Å². The first kappa shape index (κ1) is 13.3. The minimum Gasteiger partial charge on any atom is -0.321 e. The highest BCUT2D eigenvalue weighted by atomic mass is 19.1. The van der Waals surface area contributed by atoms with Crippen LogP contribution >= 0.6 is 0 Å². The normalized spacial score (nSPS) is 21.3. The molecule has 0 radical (unpaired) electrons. The maximum Gasteiger partial charge on any atom is 0.322 e. The first-order valence-corrected chi connectivity index (χ1v) is 7.00. The number of nitrogens with two attached hydrogens (primary N) is 1. The number of hydrazine groups is 1. The number of carbonyl (C=O) groups excluding carboxylic acids is 1. The molecule has 6 heteroatoms. The number of benzene rings is 1. The smallest absolute Gasteiger partial charge is 0.321 e. The summed E-state index contributed by atoms with van der Waals surface area (Å²) in [5.74, 6) is 5.38. The number of fused-ring (bicyclic) bond motifs is 1. The van der Waals surface area contributed by atoms with E-state index in [-0.39, 0.29) is 17.9 Å². The van der Waals surface area contributed by atoms with Crippen LogP contribution in [0.4, 0.5) is 14.9 Å². The topological polar surface area (TPSA) is 61.6 Å². The molecule has 2 heterocycles. The van der Waals surface area contributed by atoms with Crippen molar-refractivity contribution >= 4 is 11.7 Å². The second kappa shape index (κ2) is 5.38. The molecule has 1 aromatic carbocycles. The van der Waals surface area contributed by atoms with E-state index in [0.29, 0.717) is 18.7 Å². The van der Waals surface area contributed by atoms with Crippen LogP contribution in [0.2, 0.25) is 0 Å². The van der Waals surface area contributed by atoms with Crippen molar-refractivity contribution in [2.24, 2.45) is 5.84 Å². The summed E-state index contributed by atoms with van der Waals surface area (Å²) in [7, 11) is 0. The molecule has 0 aliphatic carbocycles. The Labute approximate surface area is 117 Å². The third-order valence-electron chi connectivity index (χ3n) is 4.15. The summed E-state index contributed by atoms with van der Waals surface area (Å²) < 4.78 is 13.8. The lowest BCUT2D eigenvalue weighted by molar-refractivity contribution is 0.129. The number of para-hydroxylation sites is 1. The molecule has 2 aliphatic rings. The Balaban J connectivity index is 1.77. The van der Waals surface area contributed by atoms with Gasteiger partial charge in [0.15, 0.2) is 0 Å². The highest BCUT2D eigenvalue weighted by Gasteiger charge is 2.30. The molecular formula is C14H19FN4O. The molecule has 1 saturated heterocycles. The van der Waals surface area contributed by atoms with Crippen LogP contribution in [-0.2, 0) is 6.42 Å². The van der Waals surface area contributed by atoms with Gasteiger partial charge in [0, 0.05) is 25.7 Å². The summed E-state index contributed by atoms with van der Waals surface area (Å²) >= 11 is 0. The van der Waals surface area contributed by atoms with Gasteiger partial charge >= 0.3 is 6.03 Å². The van der Waals surface area contributed by atoms with Gasteiger partial charge in [-0.05, 0) is 30.9 Å². The number of carbonyl (C=O) groups is 1. The van der Waals surface area contributed by atoms with Gasteiger partial charge < -0.3 is 10.2 Å². The zero-order chi connectivity index (χ0) is 14.1. The van der Waals surface area contributed by atoms with E-state index in [9.17, 15) is 9.18 Å². The van der Waals surface area contributed by atoms with Crippen molar-refractivity contribution < 1.29 is 9.18 Å². The maximum absolute atomic E-state index is 13.8. The molecule has 2 aliphatic heterocycles. The van der Waals surface area contributed by atoms with Crippen molar-refractivity contribution in [3.8, 4) is 0 Å². The Morgan fingerprint density at radius 3 is 2.75 bits per heavy atom. The molecule has 5 nitrogen and oxygen atoms in total. The van der Waals surface area contributed by atoms with Gasteiger partial charge in [0.1, 0.15) is 5.82 Å². The molecular weight excluding hydrogens is 259 g/mol. The second-order valence-corrected chi connectivity index (χ2v) is 5.41. The van der Waals surface area contributed by atoms with Gasteiger partial charge in [-0.2, -0.15) is 0 Å². The van der Waals surface area contributed by atoms with Crippen molar-refractivity contribution in [1.29, 1.82) is 0 Å². The predicted octanol–water partition coefficient (Wildman–Crippen LogP) is 1.55. The number of amides is 2. The SMILES string of the molecule is NN1CCC(N2CCc3cccc(F)c3NC2=O)CC1. The number of piperidine rings is 1. The third-order valence-corrected chi connectivity index (χ3v) is 4.15. The fraction of sp³-hybridized carbons (Fsp3) is 0.500. The summed E-state index contributed by atoms with van der Waals surface area (Å²) in [5, 5.41) is 4.49. The van der Waals surface area contributed by atoms with Crippen LogP contribution in [0.1, 0.15) is 18.4 Å². The van der Waals surface area contributed by atoms with Gasteiger partial charge in [0.25, 0.3) is 0 Å². The van der Waals surface area contributed by atoms with Crippen LogP contribution in [0, 0.1) is 5.82 Å². The Bertz CT molecular complexity index is 514. The summed E-state index contributed by atoms with van der Waals surface area (Å²) in [6, 6.07) is 4.91. The van der Waals surface area contributed by atoms with E-state index in [4.69, 9.17) is 5.84 Å². The van der Waals surface area contributed by atoms with E-state index in [0.717, 1.165) is 31.5 Å². The number of rotatable bonds is 1. The standard InChI is InChI=1S/C14H19FN4O/c15-12-3-1-2-10-4-9-19(14(20)17-13(10)12)11-5-7-18(16)8-6-11/h1-3,11H,4-9,16H2,(H,17,20). The van der Waals surface area contributed by atoms with E-state index in [2.05, 4.69) is 5.32 Å². The van der Waals surface area contributed by atoms with Gasteiger partial charge in [-0.25, -0.2) is 14.2 Å². The quantitative estimate of drug-likeness (QED) is 0.766. The minimum absolute atomic E-state index is 0.187. The van der Waals surface area contributed by atoms with Gasteiger partial charge in [-0.3, -0.25) is 5.84 Å². The Kier molecular flexibility index (Phi) is 3.58. The van der Waals surface area contributed by atoms with E-state index in [1.165, 1.54) is 6.07 Å². The largest absolute Gasteiger partial charge is 0.322 e. The number of halogens is 1. The van der Waals surface area contributed by atoms with Crippen molar-refractivity contribution in [2.45, 2.75) is 25.3 Å². The molecule has 1 fully saturated rings. The van der Waals surface area contributed by atoms with E-state index >= 15 is 0 Å². The van der Waals surface area contributed by atoms with Crippen LogP contribution in [0.25, 0.3) is 0 Å². The van der Waals surface area contributed by atoms with Gasteiger partial charge in [0.05, 0.1) is 5.69 Å². The van der Waals surface area contributed by atoms with Crippen LogP contribution in [0.15, 0.2) is 18.2 Å². The lowest BCUT2D eigenvalue weighted by Crippen LogP contribution is -2.50. The molecule has 108 valence electrons. The molecule has 0 aromatic heterocycles. The summed E-state index contributed by atoms with van der Waals surface area (Å²) in [5.41, 5.74) is 1.19. The van der Waals surface area contributed by atoms with Crippen molar-refractivity contribution in [3.63, 3.8) is 0 Å². The van der Waals surface area contributed by atoms with Crippen LogP contribution in [0.5, 0.6) is 0 Å². The fourth-order valence-electron chi connectivity index (χ4n) is 2.98. The molecule has 0 spiro atoms. The highest BCUT2D eigenvalue weighted by molar-refractivity contribution is 5.91. The first-order chi connectivity index (χ1) is 9.65. The number of hydrogen-bond acceptors (Lipinski definition) is 3. The summed E-state index contributed by atoms with van der Waals surface area (Å²) in [4.78, 5) is 14.1. The summed E-state index contributed by atoms with van der Waals surface area (Å²) in [6.07, 6.45) is 2.40. The number of nitrogens with one attached hydrogen (secondary N) is 1. The van der Waals surface area contributed by atoms with Crippen LogP contribution in [-0.4, -0.2) is 41.6 Å². The average molecular weight is 278 g/mol. The third kappa shape index (κ3) is 2.48. The second-order valence-electron chi connectivity index (χ2n) is 5.41. The van der Waals surface area contributed by atoms with Gasteiger partial charge in [-0.15, -0.1) is 0 Å². The molecule has 3 rings (SSSR count). The van der Waals surface area contributed by atoms with Crippen molar-refractivity contribution in [2.75, 3.05) is 25.0 Å². The number of anilines is 1. The number of hydrogen-bond donors (Lipinski definition) is 2. The van der Waals surface area contributed by atoms with E-state index in [1.54, 1.807) is 11.1 Å². The fourth-order valence-corrected chi connectivity index (χ4v) is 2.98. The Morgan fingerprint density at radius 2 is 2.00 bits per heavy atom. The highest BCUT2D eigenvalue weighted by Crippen LogP contribution is 2.26. The minimum atomic E-state index is -0.366. The molecule has 1 aromatic rings. The van der Waals surface area contributed by atoms with E-state index in [1.807, 2.05) is 11.0 Å². The molecule has 2 amide bonds. The monoisotopic (exact) mass is 278 g/mol. The van der Waals surface area contributed by atoms with Crippen LogP contribution < -0.4 is 11.2 Å². The van der Waals surface area contributed by atoms with Gasteiger partial charge in [-0.1, -0.05) is 12.1 Å². The molecule has 20 heavy (non-hydrogen) atoms. The Morgan fingerprint density at radius 1 is 1.25 bits per heavy atom. The van der Waals surface area contributed by atoms with Crippen molar-refractivity contribution in [3.05, 3.63) is 29.6 Å². The molecule has 0 unspecified atom stereocenters. The zero-order valence-electron chi connectivity index (χ0n) is 11.3. The number of urea groups is 1. The lowest BCUT2D eigenvalue weighted by atomic mass is 10.0. The summed E-state index contributed by atoms with van der Waals surface area (Å²) in [6.45, 7) is 2.20. The average Bonchev–Trinajstić information content (AvgIpc) is 2.60. The molecule has 0 saturated carbocycles. The Hall–Kier alpha value is -1.66. The van der Waals surface area contributed by atoms with Crippen molar-refractivity contribution in [1.82, 2.24) is 9.91 Å². The number of nitrogens with zero attached hydrogens (tertiary/aromatic N) is 2. The predicted molar refractivity (Wildman–Crippen MR) is 74.6 cm³/mol.